The fourth-order valence-electron chi connectivity index (χ4n) is 2.45. The first-order valence-corrected chi connectivity index (χ1v) is 7.71. The van der Waals surface area contributed by atoms with Gasteiger partial charge in [0.15, 0.2) is 0 Å². The summed E-state index contributed by atoms with van der Waals surface area (Å²) in [6.07, 6.45) is -0.939. The normalized spacial score (nSPS) is 12.0. The molecule has 0 saturated carbocycles. The number of carbonyl (C=O) groups excluding carboxylic acids is 1. The fourth-order valence-corrected chi connectivity index (χ4v) is 2.67. The molecule has 2 aromatic carbocycles. The summed E-state index contributed by atoms with van der Waals surface area (Å²) >= 11 is 5.98. The number of aliphatic hydroxyl groups is 2. The first-order valence-electron chi connectivity index (χ1n) is 7.33. The number of carbonyl (C=O) groups is 1. The van der Waals surface area contributed by atoms with Crippen molar-refractivity contribution >= 4 is 17.5 Å². The lowest BCUT2D eigenvalue weighted by Crippen LogP contribution is -2.35. The maximum atomic E-state index is 12.4. The number of amides is 1. The average Bonchev–Trinajstić information content (AvgIpc) is 2.54. The molecule has 2 rings (SSSR count). The third-order valence-electron chi connectivity index (χ3n) is 3.65. The van der Waals surface area contributed by atoms with Gasteiger partial charge in [-0.1, -0.05) is 29.8 Å². The van der Waals surface area contributed by atoms with Crippen LogP contribution in [-0.4, -0.2) is 47.3 Å². The molecule has 0 bridgehead atoms. The van der Waals surface area contributed by atoms with Gasteiger partial charge in [0, 0.05) is 24.2 Å². The molecule has 2 N–H and O–H groups in total. The molecular weight excluding hydrogens is 314 g/mol. The molecule has 23 heavy (non-hydrogen) atoms. The third-order valence-corrected chi connectivity index (χ3v) is 3.89. The quantitative estimate of drug-likeness (QED) is 0.884. The van der Waals surface area contributed by atoms with Crippen molar-refractivity contribution in [3.05, 3.63) is 58.6 Å². The second kappa shape index (κ2) is 7.59. The predicted molar refractivity (Wildman–Crippen MR) is 91.7 cm³/mol. The van der Waals surface area contributed by atoms with Crippen molar-refractivity contribution in [1.82, 2.24) is 4.90 Å². The summed E-state index contributed by atoms with van der Waals surface area (Å²) in [7, 11) is 1.60. The Balaban J connectivity index is 2.27. The zero-order valence-corrected chi connectivity index (χ0v) is 13.9. The van der Waals surface area contributed by atoms with Crippen LogP contribution in [0.1, 0.15) is 15.9 Å². The first-order chi connectivity index (χ1) is 10.9. The number of halogens is 1. The number of aliphatic hydroxyl groups excluding tert-OH is 2. The van der Waals surface area contributed by atoms with E-state index in [1.165, 1.54) is 4.90 Å². The zero-order chi connectivity index (χ0) is 17.0. The van der Waals surface area contributed by atoms with Crippen molar-refractivity contribution in [1.29, 1.82) is 0 Å². The van der Waals surface area contributed by atoms with Crippen LogP contribution in [-0.2, 0) is 0 Å². The lowest BCUT2D eigenvalue weighted by atomic mass is 9.98. The van der Waals surface area contributed by atoms with Gasteiger partial charge in [0.05, 0.1) is 12.7 Å². The van der Waals surface area contributed by atoms with Crippen LogP contribution in [0.4, 0.5) is 0 Å². The Morgan fingerprint density at radius 1 is 1.26 bits per heavy atom. The Morgan fingerprint density at radius 2 is 2.00 bits per heavy atom. The molecule has 122 valence electrons. The minimum absolute atomic E-state index is 0.0829. The standard InChI is InChI=1S/C18H20ClNO3/c1-12-8-15(19)6-7-17(12)13-4-3-5-14(9-13)18(23)20(2)10-16(22)11-21/h3-9,16,21-22H,10-11H2,1-2H3/t16-/m0/s1. The van der Waals surface area contributed by atoms with Gasteiger partial charge in [-0.15, -0.1) is 0 Å². The SMILES string of the molecule is Cc1cc(Cl)ccc1-c1cccc(C(=O)N(C)C[C@H](O)CO)c1. The molecule has 0 fully saturated rings. The number of rotatable bonds is 5. The van der Waals surface area contributed by atoms with Crippen LogP contribution in [0.25, 0.3) is 11.1 Å². The number of aryl methyl sites for hydroxylation is 1. The summed E-state index contributed by atoms with van der Waals surface area (Å²) in [6.45, 7) is 1.68. The average molecular weight is 334 g/mol. The Kier molecular flexibility index (Phi) is 5.77. The fraction of sp³-hybridized carbons (Fsp3) is 0.278. The molecule has 2 aromatic rings. The summed E-state index contributed by atoms with van der Waals surface area (Å²) in [4.78, 5) is 13.8. The van der Waals surface area contributed by atoms with E-state index in [-0.39, 0.29) is 19.1 Å². The minimum Gasteiger partial charge on any atom is -0.394 e. The van der Waals surface area contributed by atoms with E-state index in [0.717, 1.165) is 16.7 Å². The third kappa shape index (κ3) is 4.32. The van der Waals surface area contributed by atoms with E-state index in [1.807, 2.05) is 43.3 Å². The van der Waals surface area contributed by atoms with E-state index in [4.69, 9.17) is 16.7 Å². The molecule has 4 nitrogen and oxygen atoms in total. The van der Waals surface area contributed by atoms with E-state index in [0.29, 0.717) is 10.6 Å². The minimum atomic E-state index is -0.939. The van der Waals surface area contributed by atoms with Crippen LogP contribution in [0.5, 0.6) is 0 Å². The highest BCUT2D eigenvalue weighted by molar-refractivity contribution is 6.30. The van der Waals surface area contributed by atoms with Gasteiger partial charge >= 0.3 is 0 Å². The summed E-state index contributed by atoms with van der Waals surface area (Å²) in [5, 5.41) is 19.0. The van der Waals surface area contributed by atoms with E-state index in [9.17, 15) is 9.90 Å². The molecule has 0 radical (unpaired) electrons. The molecule has 0 aliphatic heterocycles. The molecule has 0 spiro atoms. The number of hydrogen-bond donors (Lipinski definition) is 2. The maximum absolute atomic E-state index is 12.4. The summed E-state index contributed by atoms with van der Waals surface area (Å²) in [5.41, 5.74) is 3.51. The highest BCUT2D eigenvalue weighted by atomic mass is 35.5. The monoisotopic (exact) mass is 333 g/mol. The summed E-state index contributed by atoms with van der Waals surface area (Å²) in [6, 6.07) is 13.0. The van der Waals surface area contributed by atoms with E-state index in [1.54, 1.807) is 13.1 Å². The van der Waals surface area contributed by atoms with Crippen molar-refractivity contribution < 1.29 is 15.0 Å². The smallest absolute Gasteiger partial charge is 0.253 e. The molecule has 0 unspecified atom stereocenters. The second-order valence-electron chi connectivity index (χ2n) is 5.56. The molecule has 1 amide bonds. The van der Waals surface area contributed by atoms with E-state index >= 15 is 0 Å². The van der Waals surface area contributed by atoms with Gasteiger partial charge in [0.25, 0.3) is 5.91 Å². The Hall–Kier alpha value is -1.88. The molecule has 0 heterocycles. The Bertz CT molecular complexity index is 702. The van der Waals surface area contributed by atoms with Crippen molar-refractivity contribution in [3.63, 3.8) is 0 Å². The van der Waals surface area contributed by atoms with E-state index < -0.39 is 6.10 Å². The van der Waals surface area contributed by atoms with Gasteiger partial charge in [-0.25, -0.2) is 0 Å². The van der Waals surface area contributed by atoms with Crippen molar-refractivity contribution in [2.24, 2.45) is 0 Å². The maximum Gasteiger partial charge on any atom is 0.253 e. The number of benzene rings is 2. The molecule has 0 aliphatic carbocycles. The number of likely N-dealkylation sites (N-methyl/N-ethyl adjacent to an activating group) is 1. The molecule has 0 saturated heterocycles. The highest BCUT2D eigenvalue weighted by Crippen LogP contribution is 2.26. The lowest BCUT2D eigenvalue weighted by Gasteiger charge is -2.20. The van der Waals surface area contributed by atoms with Crippen LogP contribution in [0, 0.1) is 6.92 Å². The topological polar surface area (TPSA) is 60.8 Å². The van der Waals surface area contributed by atoms with Gasteiger partial charge in [-0.3, -0.25) is 4.79 Å². The van der Waals surface area contributed by atoms with Crippen molar-refractivity contribution in [2.45, 2.75) is 13.0 Å². The molecule has 0 aliphatic rings. The number of hydrogen-bond acceptors (Lipinski definition) is 3. The van der Waals surface area contributed by atoms with E-state index in [2.05, 4.69) is 0 Å². The summed E-state index contributed by atoms with van der Waals surface area (Å²) in [5.74, 6) is -0.203. The van der Waals surface area contributed by atoms with Gasteiger partial charge in [-0.05, 0) is 47.9 Å². The Morgan fingerprint density at radius 3 is 2.65 bits per heavy atom. The van der Waals surface area contributed by atoms with Gasteiger partial charge in [-0.2, -0.15) is 0 Å². The lowest BCUT2D eigenvalue weighted by molar-refractivity contribution is 0.0520. The van der Waals surface area contributed by atoms with Crippen molar-refractivity contribution in [2.75, 3.05) is 20.2 Å². The zero-order valence-electron chi connectivity index (χ0n) is 13.2. The molecule has 5 heteroatoms. The predicted octanol–water partition coefficient (Wildman–Crippen LogP) is 2.74. The molecule has 0 aromatic heterocycles. The van der Waals surface area contributed by atoms with Crippen molar-refractivity contribution in [3.8, 4) is 11.1 Å². The summed E-state index contributed by atoms with van der Waals surface area (Å²) < 4.78 is 0. The molecule has 1 atom stereocenters. The van der Waals surface area contributed by atoms with Crippen LogP contribution >= 0.6 is 11.6 Å². The second-order valence-corrected chi connectivity index (χ2v) is 6.00. The van der Waals surface area contributed by atoms with Gasteiger partial charge < -0.3 is 15.1 Å². The van der Waals surface area contributed by atoms with Crippen LogP contribution in [0.15, 0.2) is 42.5 Å². The van der Waals surface area contributed by atoms with Crippen LogP contribution in [0.3, 0.4) is 0 Å². The number of nitrogens with zero attached hydrogens (tertiary/aromatic N) is 1. The Labute approximate surface area is 140 Å². The van der Waals surface area contributed by atoms with Gasteiger partial charge in [0.1, 0.15) is 0 Å². The molecular formula is C18H20ClNO3. The van der Waals surface area contributed by atoms with Crippen LogP contribution < -0.4 is 0 Å². The largest absolute Gasteiger partial charge is 0.394 e. The highest BCUT2D eigenvalue weighted by Gasteiger charge is 2.15. The van der Waals surface area contributed by atoms with Crippen LogP contribution in [0.2, 0.25) is 5.02 Å². The van der Waals surface area contributed by atoms with Gasteiger partial charge in [0.2, 0.25) is 0 Å². The first kappa shape index (κ1) is 17.5.